The summed E-state index contributed by atoms with van der Waals surface area (Å²) in [7, 11) is 0. The summed E-state index contributed by atoms with van der Waals surface area (Å²) in [5, 5.41) is 10.4. The number of para-hydroxylation sites is 1. The molecule has 2 heterocycles. The van der Waals surface area contributed by atoms with Crippen LogP contribution in [0.4, 0.5) is 5.69 Å². The third-order valence-corrected chi connectivity index (χ3v) is 4.13. The van der Waals surface area contributed by atoms with E-state index in [9.17, 15) is 14.9 Å². The predicted octanol–water partition coefficient (Wildman–Crippen LogP) is 3.28. The van der Waals surface area contributed by atoms with Gasteiger partial charge in [-0.15, -0.1) is 0 Å². The maximum Gasteiger partial charge on any atom is 0.282 e. The van der Waals surface area contributed by atoms with E-state index >= 15 is 0 Å². The molecule has 6 heteroatoms. The van der Waals surface area contributed by atoms with E-state index in [2.05, 4.69) is 11.5 Å². The second-order valence-electron chi connectivity index (χ2n) is 5.83. The number of anilines is 1. The van der Waals surface area contributed by atoms with Gasteiger partial charge in [-0.05, 0) is 42.5 Å². The monoisotopic (exact) mass is 355 g/mol. The van der Waals surface area contributed by atoms with Gasteiger partial charge in [0.05, 0.1) is 17.3 Å². The third-order valence-electron chi connectivity index (χ3n) is 4.13. The number of rotatable bonds is 3. The highest BCUT2D eigenvalue weighted by Gasteiger charge is 2.34. The zero-order valence-electron chi connectivity index (χ0n) is 14.0. The molecule has 0 saturated carbocycles. The summed E-state index contributed by atoms with van der Waals surface area (Å²) >= 11 is 0. The number of carbonyl (C=O) groups excluding carboxylic acids is 2. The molecule has 0 unspecified atom stereocenters. The van der Waals surface area contributed by atoms with E-state index in [0.29, 0.717) is 28.3 Å². The van der Waals surface area contributed by atoms with Gasteiger partial charge >= 0.3 is 0 Å². The van der Waals surface area contributed by atoms with Crippen LogP contribution in [0.1, 0.15) is 11.3 Å². The highest BCUT2D eigenvalue weighted by Crippen LogP contribution is 2.27. The highest BCUT2D eigenvalue weighted by molar-refractivity contribution is 6.31. The van der Waals surface area contributed by atoms with Crippen LogP contribution in [0.5, 0.6) is 0 Å². The van der Waals surface area contributed by atoms with Crippen LogP contribution in [0.3, 0.4) is 0 Å². The molecule has 6 nitrogen and oxygen atoms in total. The second kappa shape index (κ2) is 6.65. The number of amides is 2. The Kier molecular flexibility index (Phi) is 4.03. The summed E-state index contributed by atoms with van der Waals surface area (Å²) in [6.07, 6.45) is 1.40. The van der Waals surface area contributed by atoms with Crippen molar-refractivity contribution in [3.8, 4) is 17.4 Å². The Bertz CT molecular complexity index is 1110. The maximum atomic E-state index is 12.6. The summed E-state index contributed by atoms with van der Waals surface area (Å²) in [4.78, 5) is 24.8. The van der Waals surface area contributed by atoms with Gasteiger partial charge in [0.2, 0.25) is 0 Å². The van der Waals surface area contributed by atoms with Gasteiger partial charge in [0.15, 0.2) is 0 Å². The van der Waals surface area contributed by atoms with Crippen LogP contribution in [-0.2, 0) is 9.59 Å². The summed E-state index contributed by atoms with van der Waals surface area (Å²) < 4.78 is 5.73. The summed E-state index contributed by atoms with van der Waals surface area (Å²) in [6, 6.07) is 21.4. The summed E-state index contributed by atoms with van der Waals surface area (Å²) in [5.41, 5.74) is 4.22. The van der Waals surface area contributed by atoms with Crippen molar-refractivity contribution >= 4 is 23.6 Å². The SMILES string of the molecule is N#Cc1ccccc1-c1ccc(/C=C2/C(=O)NN(c3ccccc3)C2=O)o1. The van der Waals surface area contributed by atoms with Crippen LogP contribution in [0.2, 0.25) is 0 Å². The Morgan fingerprint density at radius 1 is 0.963 bits per heavy atom. The van der Waals surface area contributed by atoms with Gasteiger partial charge in [-0.3, -0.25) is 15.0 Å². The zero-order valence-corrected chi connectivity index (χ0v) is 14.0. The first-order valence-electron chi connectivity index (χ1n) is 8.19. The molecule has 0 aliphatic carbocycles. The fraction of sp³-hybridized carbons (Fsp3) is 0. The van der Waals surface area contributed by atoms with Gasteiger partial charge in [0.25, 0.3) is 11.8 Å². The number of hydrogen-bond donors (Lipinski definition) is 1. The molecule has 130 valence electrons. The molecule has 1 aliphatic heterocycles. The average molecular weight is 355 g/mol. The van der Waals surface area contributed by atoms with E-state index < -0.39 is 11.8 Å². The van der Waals surface area contributed by atoms with Crippen molar-refractivity contribution in [1.29, 1.82) is 5.26 Å². The molecule has 4 rings (SSSR count). The number of furan rings is 1. The second-order valence-corrected chi connectivity index (χ2v) is 5.83. The number of hydrazine groups is 1. The molecule has 3 aromatic rings. The van der Waals surface area contributed by atoms with E-state index in [0.717, 1.165) is 0 Å². The zero-order chi connectivity index (χ0) is 18.8. The lowest BCUT2D eigenvalue weighted by Gasteiger charge is -2.13. The number of benzene rings is 2. The number of nitrogens with one attached hydrogen (secondary N) is 1. The van der Waals surface area contributed by atoms with Crippen molar-refractivity contribution in [3.63, 3.8) is 0 Å². The molecule has 0 spiro atoms. The van der Waals surface area contributed by atoms with Crippen molar-refractivity contribution in [3.05, 3.63) is 83.6 Å². The Morgan fingerprint density at radius 2 is 1.70 bits per heavy atom. The molecule has 2 aromatic carbocycles. The summed E-state index contributed by atoms with van der Waals surface area (Å²) in [6.45, 7) is 0. The molecule has 27 heavy (non-hydrogen) atoms. The molecule has 0 radical (unpaired) electrons. The number of nitrogens with zero attached hydrogens (tertiary/aromatic N) is 2. The van der Waals surface area contributed by atoms with Crippen LogP contribution in [0.25, 0.3) is 17.4 Å². The van der Waals surface area contributed by atoms with Crippen molar-refractivity contribution in [2.45, 2.75) is 0 Å². The lowest BCUT2D eigenvalue weighted by atomic mass is 10.1. The minimum atomic E-state index is -0.501. The molecule has 1 N–H and O–H groups in total. The third kappa shape index (κ3) is 2.98. The smallest absolute Gasteiger partial charge is 0.282 e. The maximum absolute atomic E-state index is 12.6. The Hall–Kier alpha value is -4.11. The molecule has 1 aromatic heterocycles. The van der Waals surface area contributed by atoms with E-state index in [1.807, 2.05) is 12.1 Å². The van der Waals surface area contributed by atoms with Crippen molar-refractivity contribution in [1.82, 2.24) is 5.43 Å². The number of nitriles is 1. The molecular weight excluding hydrogens is 342 g/mol. The van der Waals surface area contributed by atoms with E-state index in [1.54, 1.807) is 54.6 Å². The van der Waals surface area contributed by atoms with E-state index in [1.165, 1.54) is 11.1 Å². The Balaban J connectivity index is 1.65. The van der Waals surface area contributed by atoms with Crippen molar-refractivity contribution < 1.29 is 14.0 Å². The minimum Gasteiger partial charge on any atom is -0.457 e. The molecule has 0 atom stereocenters. The fourth-order valence-electron chi connectivity index (χ4n) is 2.83. The molecular formula is C21H13N3O3. The van der Waals surface area contributed by atoms with Gasteiger partial charge in [0, 0.05) is 5.56 Å². The lowest BCUT2D eigenvalue weighted by molar-refractivity contribution is -0.117. The van der Waals surface area contributed by atoms with Gasteiger partial charge < -0.3 is 4.42 Å². The molecule has 2 amide bonds. The van der Waals surface area contributed by atoms with Crippen LogP contribution in [0, 0.1) is 11.3 Å². The van der Waals surface area contributed by atoms with Crippen LogP contribution < -0.4 is 10.4 Å². The highest BCUT2D eigenvalue weighted by atomic mass is 16.3. The van der Waals surface area contributed by atoms with E-state index in [-0.39, 0.29) is 5.57 Å². The molecule has 1 saturated heterocycles. The van der Waals surface area contributed by atoms with Gasteiger partial charge in [-0.2, -0.15) is 5.26 Å². The largest absolute Gasteiger partial charge is 0.457 e. The van der Waals surface area contributed by atoms with Crippen LogP contribution in [-0.4, -0.2) is 11.8 Å². The standard InChI is InChI=1S/C21H13N3O3/c22-13-14-6-4-5-9-17(14)19-11-10-16(27-19)12-18-20(25)23-24(21(18)26)15-7-2-1-3-8-15/h1-12H,(H,23,25)/b18-12-. The summed E-state index contributed by atoms with van der Waals surface area (Å²) in [5.74, 6) is -0.114. The number of carbonyl (C=O) groups is 2. The first-order chi connectivity index (χ1) is 13.2. The first kappa shape index (κ1) is 16.4. The normalized spacial score (nSPS) is 15.1. The molecule has 0 bridgehead atoms. The Labute approximate surface area is 154 Å². The minimum absolute atomic E-state index is 0.0201. The van der Waals surface area contributed by atoms with Gasteiger partial charge in [-0.25, -0.2) is 5.01 Å². The van der Waals surface area contributed by atoms with Crippen LogP contribution >= 0.6 is 0 Å². The van der Waals surface area contributed by atoms with Gasteiger partial charge in [-0.1, -0.05) is 30.3 Å². The topological polar surface area (TPSA) is 86.3 Å². The van der Waals surface area contributed by atoms with E-state index in [4.69, 9.17) is 4.42 Å². The first-order valence-corrected chi connectivity index (χ1v) is 8.19. The van der Waals surface area contributed by atoms with Crippen molar-refractivity contribution in [2.24, 2.45) is 0 Å². The quantitative estimate of drug-likeness (QED) is 0.577. The average Bonchev–Trinajstić information content (AvgIpc) is 3.29. The van der Waals surface area contributed by atoms with Crippen LogP contribution in [0.15, 0.2) is 76.7 Å². The predicted molar refractivity (Wildman–Crippen MR) is 98.9 cm³/mol. The Morgan fingerprint density at radius 3 is 2.48 bits per heavy atom. The molecule has 1 fully saturated rings. The number of hydrogen-bond acceptors (Lipinski definition) is 4. The van der Waals surface area contributed by atoms with Crippen molar-refractivity contribution in [2.75, 3.05) is 5.01 Å². The molecule has 1 aliphatic rings. The lowest BCUT2D eigenvalue weighted by Crippen LogP contribution is -2.35. The van der Waals surface area contributed by atoms with Gasteiger partial charge in [0.1, 0.15) is 17.1 Å². The fourth-order valence-corrected chi connectivity index (χ4v) is 2.83.